The average Bonchev–Trinajstić information content (AvgIpc) is 2.80. The zero-order valence-corrected chi connectivity index (χ0v) is 12.4. The Morgan fingerprint density at radius 3 is 2.75 bits per heavy atom. The molecule has 4 nitrogen and oxygen atoms in total. The van der Waals surface area contributed by atoms with E-state index in [1.807, 2.05) is 25.1 Å². The van der Waals surface area contributed by atoms with E-state index >= 15 is 0 Å². The first-order valence-corrected chi connectivity index (χ1v) is 6.56. The molecule has 0 bridgehead atoms. The van der Waals surface area contributed by atoms with Crippen molar-refractivity contribution in [2.24, 2.45) is 0 Å². The minimum Gasteiger partial charge on any atom is -0.465 e. The third-order valence-electron chi connectivity index (χ3n) is 3.01. The van der Waals surface area contributed by atoms with E-state index in [1.165, 1.54) is 7.11 Å². The van der Waals surface area contributed by atoms with Gasteiger partial charge in [0.25, 0.3) is 0 Å². The van der Waals surface area contributed by atoms with Crippen LogP contribution in [0.4, 0.5) is 5.69 Å². The second kappa shape index (κ2) is 6.01. The van der Waals surface area contributed by atoms with E-state index in [0.717, 1.165) is 11.3 Å². The van der Waals surface area contributed by atoms with Crippen LogP contribution in [0.1, 0.15) is 27.4 Å². The molecule has 0 unspecified atom stereocenters. The molecule has 1 aromatic heterocycles. The molecule has 0 radical (unpaired) electrons. The second-order valence-corrected chi connectivity index (χ2v) is 4.90. The van der Waals surface area contributed by atoms with E-state index in [1.54, 1.807) is 13.0 Å². The van der Waals surface area contributed by atoms with Gasteiger partial charge in [0.15, 0.2) is 0 Å². The Hall–Kier alpha value is -1.94. The van der Waals surface area contributed by atoms with Crippen LogP contribution in [0, 0.1) is 13.8 Å². The fourth-order valence-electron chi connectivity index (χ4n) is 1.84. The van der Waals surface area contributed by atoms with Crippen molar-refractivity contribution in [3.8, 4) is 0 Å². The topological polar surface area (TPSA) is 51.5 Å². The van der Waals surface area contributed by atoms with Gasteiger partial charge in [-0.3, -0.25) is 0 Å². The molecule has 106 valence electrons. The Morgan fingerprint density at radius 2 is 2.10 bits per heavy atom. The summed E-state index contributed by atoms with van der Waals surface area (Å²) in [7, 11) is 1.35. The maximum Gasteiger partial charge on any atom is 0.341 e. The SMILES string of the molecule is COC(=O)c1cc(CNc2ccc(C)c(Cl)c2)oc1C. The van der Waals surface area contributed by atoms with Gasteiger partial charge in [-0.25, -0.2) is 4.79 Å². The lowest BCUT2D eigenvalue weighted by molar-refractivity contribution is 0.0599. The summed E-state index contributed by atoms with van der Waals surface area (Å²) in [6, 6.07) is 7.42. The van der Waals surface area contributed by atoms with E-state index in [-0.39, 0.29) is 0 Å². The van der Waals surface area contributed by atoms with Gasteiger partial charge in [-0.05, 0) is 37.6 Å². The van der Waals surface area contributed by atoms with Crippen LogP contribution in [-0.2, 0) is 11.3 Å². The Labute approximate surface area is 122 Å². The monoisotopic (exact) mass is 293 g/mol. The lowest BCUT2D eigenvalue weighted by Gasteiger charge is -2.06. The molecule has 0 atom stereocenters. The summed E-state index contributed by atoms with van der Waals surface area (Å²) in [6.45, 7) is 4.15. The number of methoxy groups -OCH3 is 1. The van der Waals surface area contributed by atoms with Crippen molar-refractivity contribution in [1.82, 2.24) is 0 Å². The average molecular weight is 294 g/mol. The third-order valence-corrected chi connectivity index (χ3v) is 3.42. The first-order chi connectivity index (χ1) is 9.51. The molecule has 5 heteroatoms. The summed E-state index contributed by atoms with van der Waals surface area (Å²) in [5, 5.41) is 3.91. The van der Waals surface area contributed by atoms with Crippen molar-refractivity contribution >= 4 is 23.3 Å². The highest BCUT2D eigenvalue weighted by Crippen LogP contribution is 2.21. The molecule has 0 fully saturated rings. The van der Waals surface area contributed by atoms with Crippen LogP contribution in [-0.4, -0.2) is 13.1 Å². The van der Waals surface area contributed by atoms with Crippen LogP contribution in [0.2, 0.25) is 5.02 Å². The van der Waals surface area contributed by atoms with Crippen LogP contribution in [0.25, 0.3) is 0 Å². The summed E-state index contributed by atoms with van der Waals surface area (Å²) in [4.78, 5) is 11.5. The number of esters is 1. The number of hydrogen-bond acceptors (Lipinski definition) is 4. The number of carbonyl (C=O) groups excluding carboxylic acids is 1. The Morgan fingerprint density at radius 1 is 1.35 bits per heavy atom. The highest BCUT2D eigenvalue weighted by Gasteiger charge is 2.15. The number of hydrogen-bond donors (Lipinski definition) is 1. The molecule has 1 aromatic carbocycles. The van der Waals surface area contributed by atoms with Crippen LogP contribution in [0.3, 0.4) is 0 Å². The summed E-state index contributed by atoms with van der Waals surface area (Å²) in [6.07, 6.45) is 0. The molecular weight excluding hydrogens is 278 g/mol. The van der Waals surface area contributed by atoms with Crippen molar-refractivity contribution in [3.05, 3.63) is 51.9 Å². The molecule has 0 aliphatic carbocycles. The van der Waals surface area contributed by atoms with E-state index in [0.29, 0.717) is 28.7 Å². The van der Waals surface area contributed by atoms with Gasteiger partial charge in [-0.15, -0.1) is 0 Å². The normalized spacial score (nSPS) is 10.4. The molecular formula is C15H16ClNO3. The number of halogens is 1. The molecule has 1 heterocycles. The highest BCUT2D eigenvalue weighted by atomic mass is 35.5. The van der Waals surface area contributed by atoms with E-state index in [9.17, 15) is 4.79 Å². The molecule has 0 spiro atoms. The number of benzene rings is 1. The van der Waals surface area contributed by atoms with Crippen LogP contribution >= 0.6 is 11.6 Å². The van der Waals surface area contributed by atoms with Crippen molar-refractivity contribution < 1.29 is 13.9 Å². The fraction of sp³-hybridized carbons (Fsp3) is 0.267. The summed E-state index contributed by atoms with van der Waals surface area (Å²) in [5.74, 6) is 0.825. The smallest absolute Gasteiger partial charge is 0.341 e. The third kappa shape index (κ3) is 3.14. The predicted octanol–water partition coefficient (Wildman–Crippen LogP) is 3.95. The number of nitrogens with one attached hydrogen (secondary N) is 1. The minimum atomic E-state index is -0.393. The maximum absolute atomic E-state index is 11.5. The molecule has 0 aliphatic rings. The van der Waals surface area contributed by atoms with Crippen LogP contribution in [0.5, 0.6) is 0 Å². The Bertz CT molecular complexity index is 634. The van der Waals surface area contributed by atoms with Crippen molar-refractivity contribution in [2.75, 3.05) is 12.4 Å². The second-order valence-electron chi connectivity index (χ2n) is 4.49. The quantitative estimate of drug-likeness (QED) is 0.867. The molecule has 0 aliphatic heterocycles. The number of carbonyl (C=O) groups is 1. The summed E-state index contributed by atoms with van der Waals surface area (Å²) >= 11 is 6.06. The molecule has 0 saturated heterocycles. The predicted molar refractivity (Wildman–Crippen MR) is 78.3 cm³/mol. The first-order valence-electron chi connectivity index (χ1n) is 6.19. The molecule has 20 heavy (non-hydrogen) atoms. The van der Waals surface area contributed by atoms with Gasteiger partial charge < -0.3 is 14.5 Å². The van der Waals surface area contributed by atoms with E-state index in [4.69, 9.17) is 16.0 Å². The van der Waals surface area contributed by atoms with Gasteiger partial charge in [0.1, 0.15) is 17.1 Å². The van der Waals surface area contributed by atoms with Gasteiger partial charge in [0.2, 0.25) is 0 Å². The molecule has 1 N–H and O–H groups in total. The van der Waals surface area contributed by atoms with Gasteiger partial charge in [-0.2, -0.15) is 0 Å². The maximum atomic E-state index is 11.5. The molecule has 2 rings (SSSR count). The summed E-state index contributed by atoms with van der Waals surface area (Å²) in [5.41, 5.74) is 2.37. The lowest BCUT2D eigenvalue weighted by atomic mass is 10.2. The zero-order chi connectivity index (χ0) is 14.7. The number of anilines is 1. The number of furan rings is 1. The fourth-order valence-corrected chi connectivity index (χ4v) is 2.02. The molecule has 0 saturated carbocycles. The highest BCUT2D eigenvalue weighted by molar-refractivity contribution is 6.31. The first kappa shape index (κ1) is 14.5. The molecule has 2 aromatic rings. The van der Waals surface area contributed by atoms with Crippen LogP contribution in [0.15, 0.2) is 28.7 Å². The standard InChI is InChI=1S/C15H16ClNO3/c1-9-4-5-11(6-14(9)16)17-8-12-7-13(10(2)20-12)15(18)19-3/h4-7,17H,8H2,1-3H3. The van der Waals surface area contributed by atoms with Gasteiger partial charge in [0, 0.05) is 10.7 Å². The van der Waals surface area contributed by atoms with Crippen molar-refractivity contribution in [2.45, 2.75) is 20.4 Å². The minimum absolute atomic E-state index is 0.393. The Balaban J connectivity index is 2.07. The number of ether oxygens (including phenoxy) is 1. The number of rotatable bonds is 4. The van der Waals surface area contributed by atoms with Gasteiger partial charge in [-0.1, -0.05) is 17.7 Å². The van der Waals surface area contributed by atoms with E-state index in [2.05, 4.69) is 10.1 Å². The lowest BCUT2D eigenvalue weighted by Crippen LogP contribution is -2.01. The van der Waals surface area contributed by atoms with Crippen LogP contribution < -0.4 is 5.32 Å². The number of aryl methyl sites for hydroxylation is 2. The Kier molecular flexibility index (Phi) is 4.35. The van der Waals surface area contributed by atoms with Gasteiger partial charge in [0.05, 0.1) is 13.7 Å². The van der Waals surface area contributed by atoms with E-state index < -0.39 is 5.97 Å². The van der Waals surface area contributed by atoms with Crippen molar-refractivity contribution in [1.29, 1.82) is 0 Å². The zero-order valence-electron chi connectivity index (χ0n) is 11.6. The summed E-state index contributed by atoms with van der Waals surface area (Å²) < 4.78 is 10.2. The largest absolute Gasteiger partial charge is 0.465 e. The molecule has 0 amide bonds. The van der Waals surface area contributed by atoms with Gasteiger partial charge >= 0.3 is 5.97 Å². The van der Waals surface area contributed by atoms with Crippen molar-refractivity contribution in [3.63, 3.8) is 0 Å².